The predicted octanol–water partition coefficient (Wildman–Crippen LogP) is 3.47. The Hall–Kier alpha value is -3.44. The zero-order valence-electron chi connectivity index (χ0n) is 17.1. The molecule has 0 atom stereocenters. The maximum atomic E-state index is 13.3. The smallest absolute Gasteiger partial charge is 0.337 e. The van der Waals surface area contributed by atoms with Crippen molar-refractivity contribution in [3.63, 3.8) is 0 Å². The Bertz CT molecular complexity index is 1440. The normalized spacial score (nSPS) is 13.9. The van der Waals surface area contributed by atoms with Crippen LogP contribution in [0.1, 0.15) is 22.3 Å². The summed E-state index contributed by atoms with van der Waals surface area (Å²) >= 11 is 0. The van der Waals surface area contributed by atoms with E-state index in [0.29, 0.717) is 24.1 Å². The highest BCUT2D eigenvalue weighted by Gasteiger charge is 2.30. The minimum absolute atomic E-state index is 0.0788. The van der Waals surface area contributed by atoms with Gasteiger partial charge in [0.25, 0.3) is 20.0 Å². The highest BCUT2D eigenvalue weighted by molar-refractivity contribution is 7.93. The second-order valence-corrected chi connectivity index (χ2v) is 10.9. The molecule has 11 heteroatoms. The van der Waals surface area contributed by atoms with Crippen LogP contribution in [-0.2, 0) is 26.5 Å². The van der Waals surface area contributed by atoms with Crippen LogP contribution >= 0.6 is 0 Å². The number of hydrogen-bond donors (Lipinski definition) is 2. The van der Waals surface area contributed by atoms with Gasteiger partial charge in [-0.25, -0.2) is 26.0 Å². The number of hydrogen-bond acceptors (Lipinski definition) is 5. The SMILES string of the molecule is O=C(O)c1ccccc1S(=O)(=O)Nc1ccc2c(c1)N(S(=O)(=O)c1ccc(F)cc1)CCC2. The van der Waals surface area contributed by atoms with Crippen molar-refractivity contribution < 1.29 is 31.1 Å². The minimum Gasteiger partial charge on any atom is -0.478 e. The van der Waals surface area contributed by atoms with E-state index in [-0.39, 0.29) is 22.7 Å². The van der Waals surface area contributed by atoms with Crippen molar-refractivity contribution in [3.05, 3.63) is 83.7 Å². The minimum atomic E-state index is -4.27. The molecule has 0 spiro atoms. The summed E-state index contributed by atoms with van der Waals surface area (Å²) in [7, 11) is -8.28. The van der Waals surface area contributed by atoms with Crippen LogP contribution in [0.4, 0.5) is 15.8 Å². The summed E-state index contributed by atoms with van der Waals surface area (Å²) in [5.41, 5.74) is 0.705. The van der Waals surface area contributed by atoms with E-state index in [2.05, 4.69) is 4.72 Å². The average molecular weight is 491 g/mol. The second kappa shape index (κ2) is 8.49. The van der Waals surface area contributed by atoms with Crippen LogP contribution in [0.3, 0.4) is 0 Å². The Kier molecular flexibility index (Phi) is 5.85. The van der Waals surface area contributed by atoms with Crippen LogP contribution in [-0.4, -0.2) is 34.5 Å². The first-order chi connectivity index (χ1) is 15.6. The number of anilines is 2. The molecule has 0 saturated heterocycles. The Balaban J connectivity index is 1.72. The van der Waals surface area contributed by atoms with E-state index in [4.69, 9.17) is 0 Å². The lowest BCUT2D eigenvalue weighted by Gasteiger charge is -2.31. The molecular formula is C22H19FN2O6S2. The van der Waals surface area contributed by atoms with Gasteiger partial charge in [0.05, 0.1) is 21.8 Å². The van der Waals surface area contributed by atoms with Gasteiger partial charge in [0.15, 0.2) is 0 Å². The highest BCUT2D eigenvalue weighted by atomic mass is 32.2. The van der Waals surface area contributed by atoms with E-state index < -0.39 is 36.7 Å². The quantitative estimate of drug-likeness (QED) is 0.546. The number of fused-ring (bicyclic) bond motifs is 1. The number of carbonyl (C=O) groups is 1. The van der Waals surface area contributed by atoms with Gasteiger partial charge in [0, 0.05) is 6.54 Å². The summed E-state index contributed by atoms with van der Waals surface area (Å²) in [4.78, 5) is 10.9. The van der Waals surface area contributed by atoms with Crippen LogP contribution < -0.4 is 9.03 Å². The molecule has 172 valence electrons. The van der Waals surface area contributed by atoms with E-state index in [1.54, 1.807) is 6.07 Å². The number of nitrogens with one attached hydrogen (secondary N) is 1. The number of carboxylic acid groups (broad SMARTS) is 1. The second-order valence-electron chi connectivity index (χ2n) is 7.38. The Labute approximate surface area is 190 Å². The summed E-state index contributed by atoms with van der Waals surface area (Å²) in [6.07, 6.45) is 1.16. The molecule has 0 aromatic heterocycles. The van der Waals surface area contributed by atoms with E-state index in [9.17, 15) is 31.1 Å². The van der Waals surface area contributed by atoms with Crippen LogP contribution in [0.2, 0.25) is 0 Å². The van der Waals surface area contributed by atoms with Crippen LogP contribution in [0.25, 0.3) is 0 Å². The maximum Gasteiger partial charge on any atom is 0.337 e. The standard InChI is InChI=1S/C22H19FN2O6S2/c23-16-8-11-18(12-9-16)33(30,31)25-13-3-4-15-7-10-17(14-20(15)25)24-32(28,29)21-6-2-1-5-19(21)22(26)27/h1-2,5-12,14,24H,3-4,13H2,(H,26,27). The number of rotatable bonds is 6. The van der Waals surface area contributed by atoms with Crippen LogP contribution in [0, 0.1) is 5.82 Å². The van der Waals surface area contributed by atoms with E-state index in [1.807, 2.05) is 0 Å². The third-order valence-corrected chi connectivity index (χ3v) is 8.49. The van der Waals surface area contributed by atoms with Gasteiger partial charge < -0.3 is 5.11 Å². The molecule has 8 nitrogen and oxygen atoms in total. The first-order valence-electron chi connectivity index (χ1n) is 9.86. The Morgan fingerprint density at radius 2 is 1.67 bits per heavy atom. The molecule has 1 heterocycles. The molecule has 3 aromatic rings. The molecule has 0 radical (unpaired) electrons. The summed E-state index contributed by atoms with van der Waals surface area (Å²) in [5, 5.41) is 9.31. The fraction of sp³-hybridized carbons (Fsp3) is 0.136. The Morgan fingerprint density at radius 3 is 2.36 bits per heavy atom. The predicted molar refractivity (Wildman–Crippen MR) is 120 cm³/mol. The number of benzene rings is 3. The van der Waals surface area contributed by atoms with Crippen LogP contribution in [0.15, 0.2) is 76.5 Å². The molecule has 0 fully saturated rings. The third kappa shape index (κ3) is 4.41. The molecule has 0 aliphatic carbocycles. The lowest BCUT2D eigenvalue weighted by molar-refractivity contribution is 0.0692. The van der Waals surface area contributed by atoms with Crippen molar-refractivity contribution in [1.29, 1.82) is 0 Å². The molecule has 0 saturated carbocycles. The molecule has 2 N–H and O–H groups in total. The molecule has 1 aliphatic heterocycles. The largest absolute Gasteiger partial charge is 0.478 e. The van der Waals surface area contributed by atoms with Gasteiger partial charge >= 0.3 is 5.97 Å². The molecule has 4 rings (SSSR count). The van der Waals surface area contributed by atoms with Crippen molar-refractivity contribution in [2.75, 3.05) is 15.6 Å². The first-order valence-corrected chi connectivity index (χ1v) is 12.8. The summed E-state index contributed by atoms with van der Waals surface area (Å²) in [6.45, 7) is 0.171. The monoisotopic (exact) mass is 490 g/mol. The average Bonchev–Trinajstić information content (AvgIpc) is 2.78. The molecular weight excluding hydrogens is 471 g/mol. The van der Waals surface area contributed by atoms with Gasteiger partial charge in [-0.1, -0.05) is 18.2 Å². The molecule has 1 aliphatic rings. The lowest BCUT2D eigenvalue weighted by atomic mass is 10.0. The zero-order chi connectivity index (χ0) is 23.8. The molecule has 3 aromatic carbocycles. The number of aryl methyl sites for hydroxylation is 1. The molecule has 0 unspecified atom stereocenters. The van der Waals surface area contributed by atoms with Gasteiger partial charge in [-0.05, 0) is 66.9 Å². The van der Waals surface area contributed by atoms with E-state index >= 15 is 0 Å². The number of aromatic carboxylic acids is 1. The number of carboxylic acids is 1. The fourth-order valence-electron chi connectivity index (χ4n) is 3.68. The van der Waals surface area contributed by atoms with Gasteiger partial charge in [0.2, 0.25) is 0 Å². The summed E-state index contributed by atoms with van der Waals surface area (Å²) in [5.74, 6) is -1.95. The van der Waals surface area contributed by atoms with Gasteiger partial charge in [-0.15, -0.1) is 0 Å². The Morgan fingerprint density at radius 1 is 0.970 bits per heavy atom. The van der Waals surface area contributed by atoms with Crippen molar-refractivity contribution in [1.82, 2.24) is 0 Å². The summed E-state index contributed by atoms with van der Waals surface area (Å²) < 4.78 is 68.9. The van der Waals surface area contributed by atoms with Gasteiger partial charge in [-0.3, -0.25) is 9.03 Å². The fourth-order valence-corrected chi connectivity index (χ4v) is 6.46. The maximum absolute atomic E-state index is 13.3. The van der Waals surface area contributed by atoms with Gasteiger partial charge in [0.1, 0.15) is 10.7 Å². The van der Waals surface area contributed by atoms with Crippen molar-refractivity contribution in [2.24, 2.45) is 0 Å². The van der Waals surface area contributed by atoms with Gasteiger partial charge in [-0.2, -0.15) is 0 Å². The zero-order valence-corrected chi connectivity index (χ0v) is 18.7. The van der Waals surface area contributed by atoms with E-state index in [0.717, 1.165) is 12.1 Å². The molecule has 0 bridgehead atoms. The number of sulfonamides is 2. The van der Waals surface area contributed by atoms with Crippen LogP contribution in [0.5, 0.6) is 0 Å². The number of halogens is 1. The third-order valence-electron chi connectivity index (χ3n) is 5.22. The van der Waals surface area contributed by atoms with E-state index in [1.165, 1.54) is 52.8 Å². The van der Waals surface area contributed by atoms with Crippen molar-refractivity contribution in [3.8, 4) is 0 Å². The molecule has 33 heavy (non-hydrogen) atoms. The highest BCUT2D eigenvalue weighted by Crippen LogP contribution is 2.35. The topological polar surface area (TPSA) is 121 Å². The first kappa shape index (κ1) is 22.7. The van der Waals surface area contributed by atoms with Crippen molar-refractivity contribution >= 4 is 37.4 Å². The molecule has 0 amide bonds. The summed E-state index contributed by atoms with van der Waals surface area (Å²) in [6, 6.07) is 14.2. The number of nitrogens with zero attached hydrogens (tertiary/aromatic N) is 1. The van der Waals surface area contributed by atoms with Crippen molar-refractivity contribution in [2.45, 2.75) is 22.6 Å². The lowest BCUT2D eigenvalue weighted by Crippen LogP contribution is -2.35.